The maximum atomic E-state index is 6.27. The van der Waals surface area contributed by atoms with Crippen LogP contribution in [0, 0.1) is 13.8 Å². The molecule has 2 aromatic rings. The van der Waals surface area contributed by atoms with E-state index in [4.69, 9.17) is 22.2 Å². The van der Waals surface area contributed by atoms with Gasteiger partial charge in [-0.25, -0.2) is 10.4 Å². The van der Waals surface area contributed by atoms with E-state index in [2.05, 4.69) is 15.5 Å². The monoisotopic (exact) mass is 315 g/mol. The van der Waals surface area contributed by atoms with Gasteiger partial charge in [0.1, 0.15) is 6.04 Å². The number of halogens is 1. The van der Waals surface area contributed by atoms with E-state index in [-0.39, 0.29) is 6.04 Å². The lowest BCUT2D eigenvalue weighted by Crippen LogP contribution is -2.31. The number of methoxy groups -OCH3 is 1. The molecule has 110 valence electrons. The number of thiazole rings is 1. The van der Waals surface area contributed by atoms with E-state index in [0.29, 0.717) is 18.2 Å². The minimum absolute atomic E-state index is 0.229. The van der Waals surface area contributed by atoms with Gasteiger partial charge in [-0.15, -0.1) is 11.3 Å². The number of nitrogens with zero attached hydrogens (tertiary/aromatic N) is 3. The van der Waals surface area contributed by atoms with Gasteiger partial charge in [0, 0.05) is 7.11 Å². The van der Waals surface area contributed by atoms with Crippen molar-refractivity contribution in [3.8, 4) is 0 Å². The second kappa shape index (κ2) is 6.64. The van der Waals surface area contributed by atoms with Crippen LogP contribution in [-0.4, -0.2) is 28.5 Å². The average molecular weight is 316 g/mol. The van der Waals surface area contributed by atoms with Gasteiger partial charge in [-0.3, -0.25) is 10.5 Å². The van der Waals surface area contributed by atoms with Crippen molar-refractivity contribution in [1.82, 2.24) is 20.2 Å². The molecule has 0 saturated carbocycles. The smallest absolute Gasteiger partial charge is 0.100 e. The summed E-state index contributed by atoms with van der Waals surface area (Å²) in [5, 5.41) is 5.85. The predicted molar refractivity (Wildman–Crippen MR) is 79.9 cm³/mol. The summed E-state index contributed by atoms with van der Waals surface area (Å²) in [5.74, 6) is 5.74. The van der Waals surface area contributed by atoms with Gasteiger partial charge < -0.3 is 4.74 Å². The Morgan fingerprint density at radius 1 is 1.55 bits per heavy atom. The Hall–Kier alpha value is -0.990. The Morgan fingerprint density at radius 3 is 2.85 bits per heavy atom. The van der Waals surface area contributed by atoms with Crippen LogP contribution < -0.4 is 11.3 Å². The lowest BCUT2D eigenvalue weighted by atomic mass is 10.1. The summed E-state index contributed by atoms with van der Waals surface area (Å²) in [6, 6.07) is -0.229. The number of hydrazine groups is 1. The van der Waals surface area contributed by atoms with Gasteiger partial charge in [-0.2, -0.15) is 5.10 Å². The van der Waals surface area contributed by atoms with Crippen molar-refractivity contribution in [3.63, 3.8) is 0 Å². The SMILES string of the molecule is COCCn1ncc(Cl)c1C(NN)c1sc(C)nc1C. The van der Waals surface area contributed by atoms with Crippen molar-refractivity contribution in [2.75, 3.05) is 13.7 Å². The largest absolute Gasteiger partial charge is 0.383 e. The molecule has 0 aliphatic carbocycles. The third-order valence-electron chi connectivity index (χ3n) is 2.98. The van der Waals surface area contributed by atoms with Gasteiger partial charge in [-0.1, -0.05) is 11.6 Å². The fraction of sp³-hybridized carbons (Fsp3) is 0.500. The maximum Gasteiger partial charge on any atom is 0.100 e. The summed E-state index contributed by atoms with van der Waals surface area (Å²) in [4.78, 5) is 5.48. The van der Waals surface area contributed by atoms with Crippen molar-refractivity contribution in [1.29, 1.82) is 0 Å². The third-order valence-corrected chi connectivity index (χ3v) is 4.41. The molecule has 0 saturated heterocycles. The molecule has 0 aromatic carbocycles. The lowest BCUT2D eigenvalue weighted by molar-refractivity contribution is 0.182. The summed E-state index contributed by atoms with van der Waals surface area (Å²) in [6.45, 7) is 5.11. The van der Waals surface area contributed by atoms with Crippen LogP contribution in [0.5, 0.6) is 0 Å². The van der Waals surface area contributed by atoms with Crippen molar-refractivity contribution >= 4 is 22.9 Å². The van der Waals surface area contributed by atoms with E-state index in [1.807, 2.05) is 18.5 Å². The fourth-order valence-corrected chi connectivity index (χ4v) is 3.35. The molecule has 8 heteroatoms. The van der Waals surface area contributed by atoms with Crippen molar-refractivity contribution in [2.45, 2.75) is 26.4 Å². The molecule has 0 fully saturated rings. The van der Waals surface area contributed by atoms with Crippen LogP contribution in [-0.2, 0) is 11.3 Å². The Bertz CT molecular complexity index is 582. The van der Waals surface area contributed by atoms with E-state index in [9.17, 15) is 0 Å². The van der Waals surface area contributed by atoms with Crippen LogP contribution in [0.2, 0.25) is 5.02 Å². The molecule has 1 atom stereocenters. The maximum absolute atomic E-state index is 6.27. The molecule has 0 amide bonds. The highest BCUT2D eigenvalue weighted by Gasteiger charge is 2.24. The summed E-state index contributed by atoms with van der Waals surface area (Å²) >= 11 is 7.87. The molecule has 0 radical (unpaired) electrons. The minimum Gasteiger partial charge on any atom is -0.383 e. The van der Waals surface area contributed by atoms with Gasteiger partial charge in [0.25, 0.3) is 0 Å². The summed E-state index contributed by atoms with van der Waals surface area (Å²) < 4.78 is 6.90. The van der Waals surface area contributed by atoms with E-state index in [0.717, 1.165) is 21.3 Å². The average Bonchev–Trinajstić information content (AvgIpc) is 2.93. The Kier molecular flexibility index (Phi) is 5.11. The van der Waals surface area contributed by atoms with Crippen LogP contribution in [0.15, 0.2) is 6.20 Å². The quantitative estimate of drug-likeness (QED) is 0.628. The first-order valence-corrected chi connectivity index (χ1v) is 7.38. The number of rotatable bonds is 6. The summed E-state index contributed by atoms with van der Waals surface area (Å²) in [5.41, 5.74) is 4.60. The topological polar surface area (TPSA) is 78.0 Å². The van der Waals surface area contributed by atoms with Crippen molar-refractivity contribution in [2.24, 2.45) is 5.84 Å². The standard InChI is InChI=1S/C12H18ClN5OS/c1-7-12(20-8(2)16-7)10(17-14)11-9(13)6-15-18(11)4-5-19-3/h6,10,17H,4-5,14H2,1-3H3. The molecule has 0 spiro atoms. The van der Waals surface area contributed by atoms with E-state index in [1.165, 1.54) is 0 Å². The third kappa shape index (κ3) is 3.02. The first kappa shape index (κ1) is 15.4. The van der Waals surface area contributed by atoms with Gasteiger partial charge in [-0.05, 0) is 13.8 Å². The van der Waals surface area contributed by atoms with Gasteiger partial charge in [0.05, 0.1) is 45.6 Å². The van der Waals surface area contributed by atoms with Gasteiger partial charge >= 0.3 is 0 Å². The molecule has 3 N–H and O–H groups in total. The van der Waals surface area contributed by atoms with Gasteiger partial charge in [0.2, 0.25) is 0 Å². The highest BCUT2D eigenvalue weighted by molar-refractivity contribution is 7.11. The number of hydrogen-bond donors (Lipinski definition) is 2. The molecule has 2 rings (SSSR count). The van der Waals surface area contributed by atoms with E-state index >= 15 is 0 Å². The van der Waals surface area contributed by atoms with E-state index < -0.39 is 0 Å². The van der Waals surface area contributed by atoms with Crippen molar-refractivity contribution < 1.29 is 4.74 Å². The highest BCUT2D eigenvalue weighted by Crippen LogP contribution is 2.33. The summed E-state index contributed by atoms with van der Waals surface area (Å²) in [6.07, 6.45) is 1.63. The molecule has 20 heavy (non-hydrogen) atoms. The second-order valence-electron chi connectivity index (χ2n) is 4.38. The first-order chi connectivity index (χ1) is 9.58. The van der Waals surface area contributed by atoms with Crippen LogP contribution in [0.25, 0.3) is 0 Å². The molecular formula is C12H18ClN5OS. The number of ether oxygens (including phenoxy) is 1. The molecular weight excluding hydrogens is 298 g/mol. The summed E-state index contributed by atoms with van der Waals surface area (Å²) in [7, 11) is 1.65. The molecule has 6 nitrogen and oxygen atoms in total. The molecule has 0 aliphatic rings. The zero-order chi connectivity index (χ0) is 14.7. The van der Waals surface area contributed by atoms with Gasteiger partial charge in [0.15, 0.2) is 0 Å². The predicted octanol–water partition coefficient (Wildman–Crippen LogP) is 1.81. The molecule has 1 unspecified atom stereocenters. The fourth-order valence-electron chi connectivity index (χ4n) is 2.11. The van der Waals surface area contributed by atoms with Crippen LogP contribution in [0.1, 0.15) is 27.3 Å². The molecule has 0 aliphatic heterocycles. The first-order valence-electron chi connectivity index (χ1n) is 6.18. The lowest BCUT2D eigenvalue weighted by Gasteiger charge is -2.17. The highest BCUT2D eigenvalue weighted by atomic mass is 35.5. The van der Waals surface area contributed by atoms with E-state index in [1.54, 1.807) is 24.6 Å². The Balaban J connectivity index is 2.41. The molecule has 2 aromatic heterocycles. The van der Waals surface area contributed by atoms with Crippen LogP contribution in [0.3, 0.4) is 0 Å². The second-order valence-corrected chi connectivity index (χ2v) is 6.02. The number of nitrogens with one attached hydrogen (secondary N) is 1. The molecule has 2 heterocycles. The number of aromatic nitrogens is 3. The normalized spacial score (nSPS) is 12.8. The number of aryl methyl sites for hydroxylation is 2. The van der Waals surface area contributed by atoms with Crippen molar-refractivity contribution in [3.05, 3.63) is 32.5 Å². The Labute approximate surface area is 126 Å². The number of hydrogen-bond acceptors (Lipinski definition) is 6. The Morgan fingerprint density at radius 2 is 2.30 bits per heavy atom. The van der Waals surface area contributed by atoms with Crippen LogP contribution in [0.4, 0.5) is 0 Å². The minimum atomic E-state index is -0.229. The zero-order valence-electron chi connectivity index (χ0n) is 11.7. The number of nitrogens with two attached hydrogens (primary N) is 1. The van der Waals surface area contributed by atoms with Crippen LogP contribution >= 0.6 is 22.9 Å². The molecule has 0 bridgehead atoms. The zero-order valence-corrected chi connectivity index (χ0v) is 13.3.